The van der Waals surface area contributed by atoms with Crippen molar-refractivity contribution in [2.45, 2.75) is 26.3 Å². The van der Waals surface area contributed by atoms with E-state index >= 15 is 0 Å². The molecule has 0 saturated carbocycles. The highest BCUT2D eigenvalue weighted by Crippen LogP contribution is 2.19. The van der Waals surface area contributed by atoms with E-state index < -0.39 is 11.2 Å². The highest BCUT2D eigenvalue weighted by molar-refractivity contribution is 5.82. The number of likely N-dealkylation sites (tertiary alicyclic amines) is 1. The largest absolute Gasteiger partial charge is 0.496 e. The van der Waals surface area contributed by atoms with Crippen molar-refractivity contribution >= 4 is 16.9 Å². The fourth-order valence-electron chi connectivity index (χ4n) is 3.19. The molecule has 134 valence electrons. The molecule has 8 nitrogen and oxygen atoms in total. The number of ether oxygens (including phenoxy) is 1. The smallest absolute Gasteiger partial charge is 0.332 e. The van der Waals surface area contributed by atoms with E-state index in [1.807, 2.05) is 0 Å². The number of aromatic nitrogens is 3. The molecule has 0 N–H and O–H groups in total. The Labute approximate surface area is 144 Å². The molecule has 0 spiro atoms. The minimum atomic E-state index is -0.558. The van der Waals surface area contributed by atoms with Crippen LogP contribution in [0.2, 0.25) is 0 Å². The summed E-state index contributed by atoms with van der Waals surface area (Å²) in [5.41, 5.74) is -0.872. The van der Waals surface area contributed by atoms with Gasteiger partial charge in [-0.2, -0.15) is 0 Å². The zero-order valence-corrected chi connectivity index (χ0v) is 14.7. The Morgan fingerprint density at radius 1 is 1.32 bits per heavy atom. The normalized spacial score (nSPS) is 15.6. The molecular formula is C17H22N4O4. The van der Waals surface area contributed by atoms with Gasteiger partial charge in [-0.05, 0) is 24.8 Å². The number of carbonyl (C=O) groups is 1. The molecule has 0 aliphatic carbocycles. The molecule has 1 amide bonds. The van der Waals surface area contributed by atoms with Gasteiger partial charge in [0.15, 0.2) is 5.65 Å². The quantitative estimate of drug-likeness (QED) is 0.801. The standard InChI is InChI=1S/C17H22N4O4/c1-11-5-8-20(9-6-11)13(22)10-21-16(23)14-12(25-3)4-7-18-15(14)19(2)17(21)24/h4,7,11H,5-6,8-10H2,1-3H3. The zero-order chi connectivity index (χ0) is 18.1. The van der Waals surface area contributed by atoms with Gasteiger partial charge >= 0.3 is 5.69 Å². The highest BCUT2D eigenvalue weighted by Gasteiger charge is 2.23. The van der Waals surface area contributed by atoms with E-state index in [1.54, 1.807) is 11.0 Å². The van der Waals surface area contributed by atoms with E-state index in [0.29, 0.717) is 24.8 Å². The van der Waals surface area contributed by atoms with Crippen LogP contribution in [-0.4, -0.2) is 45.1 Å². The highest BCUT2D eigenvalue weighted by atomic mass is 16.5. The molecule has 3 rings (SSSR count). The summed E-state index contributed by atoms with van der Waals surface area (Å²) in [7, 11) is 2.98. The summed E-state index contributed by atoms with van der Waals surface area (Å²) in [6, 6.07) is 1.56. The molecule has 2 aromatic rings. The summed E-state index contributed by atoms with van der Waals surface area (Å²) in [5.74, 6) is 0.711. The molecule has 1 fully saturated rings. The fraction of sp³-hybridized carbons (Fsp3) is 0.529. The van der Waals surface area contributed by atoms with Crippen molar-refractivity contribution in [2.24, 2.45) is 13.0 Å². The Kier molecular flexibility index (Phi) is 4.61. The molecule has 8 heteroatoms. The molecule has 1 aliphatic rings. The number of hydrogen-bond acceptors (Lipinski definition) is 5. The Morgan fingerprint density at radius 3 is 2.64 bits per heavy atom. The molecule has 0 bridgehead atoms. The summed E-state index contributed by atoms with van der Waals surface area (Å²) in [6.45, 7) is 3.21. The van der Waals surface area contributed by atoms with Crippen molar-refractivity contribution in [2.75, 3.05) is 20.2 Å². The van der Waals surface area contributed by atoms with Gasteiger partial charge in [-0.1, -0.05) is 6.92 Å². The summed E-state index contributed by atoms with van der Waals surface area (Å²) < 4.78 is 7.46. The van der Waals surface area contributed by atoms with Crippen LogP contribution in [0, 0.1) is 5.92 Å². The van der Waals surface area contributed by atoms with Crippen LogP contribution in [0.4, 0.5) is 0 Å². The summed E-state index contributed by atoms with van der Waals surface area (Å²) >= 11 is 0. The maximum absolute atomic E-state index is 12.8. The first-order valence-electron chi connectivity index (χ1n) is 8.34. The van der Waals surface area contributed by atoms with E-state index in [-0.39, 0.29) is 23.5 Å². The van der Waals surface area contributed by atoms with E-state index in [0.717, 1.165) is 17.4 Å². The van der Waals surface area contributed by atoms with Crippen molar-refractivity contribution in [3.63, 3.8) is 0 Å². The van der Waals surface area contributed by atoms with Gasteiger partial charge in [0.05, 0.1) is 7.11 Å². The van der Waals surface area contributed by atoms with Gasteiger partial charge in [0.2, 0.25) is 5.91 Å². The predicted molar refractivity (Wildman–Crippen MR) is 92.8 cm³/mol. The van der Waals surface area contributed by atoms with Crippen molar-refractivity contribution in [3.8, 4) is 5.75 Å². The van der Waals surface area contributed by atoms with Crippen LogP contribution in [0.1, 0.15) is 19.8 Å². The van der Waals surface area contributed by atoms with Gasteiger partial charge in [-0.15, -0.1) is 0 Å². The number of aryl methyl sites for hydroxylation is 1. The monoisotopic (exact) mass is 346 g/mol. The first kappa shape index (κ1) is 17.2. The Hall–Kier alpha value is -2.64. The molecule has 1 aliphatic heterocycles. The zero-order valence-electron chi connectivity index (χ0n) is 14.7. The summed E-state index contributed by atoms with van der Waals surface area (Å²) in [4.78, 5) is 43.7. The Morgan fingerprint density at radius 2 is 2.00 bits per heavy atom. The predicted octanol–water partition coefficient (Wildman–Crippen LogP) is 0.362. The molecule has 25 heavy (non-hydrogen) atoms. The number of carbonyl (C=O) groups excluding carboxylic acids is 1. The lowest BCUT2D eigenvalue weighted by atomic mass is 9.99. The van der Waals surface area contributed by atoms with Crippen LogP contribution >= 0.6 is 0 Å². The van der Waals surface area contributed by atoms with Crippen molar-refractivity contribution in [1.82, 2.24) is 19.0 Å². The van der Waals surface area contributed by atoms with Crippen LogP contribution in [0.25, 0.3) is 11.0 Å². The summed E-state index contributed by atoms with van der Waals surface area (Å²) in [5, 5.41) is 0.201. The van der Waals surface area contributed by atoms with Crippen LogP contribution in [0.5, 0.6) is 5.75 Å². The molecule has 0 aromatic carbocycles. The molecule has 1 saturated heterocycles. The second-order valence-electron chi connectivity index (χ2n) is 6.51. The van der Waals surface area contributed by atoms with Gasteiger partial charge in [0.25, 0.3) is 5.56 Å². The van der Waals surface area contributed by atoms with Crippen molar-refractivity contribution in [3.05, 3.63) is 33.1 Å². The Bertz CT molecular complexity index is 923. The van der Waals surface area contributed by atoms with E-state index in [2.05, 4.69) is 11.9 Å². The lowest BCUT2D eigenvalue weighted by Crippen LogP contribution is -2.46. The second-order valence-corrected chi connectivity index (χ2v) is 6.51. The van der Waals surface area contributed by atoms with Crippen LogP contribution in [-0.2, 0) is 18.4 Å². The number of amides is 1. The summed E-state index contributed by atoms with van der Waals surface area (Å²) in [6.07, 6.45) is 3.35. The number of pyridine rings is 1. The lowest BCUT2D eigenvalue weighted by molar-refractivity contribution is -0.133. The number of rotatable bonds is 3. The third-order valence-corrected chi connectivity index (χ3v) is 4.84. The minimum absolute atomic E-state index is 0.201. The third-order valence-electron chi connectivity index (χ3n) is 4.84. The van der Waals surface area contributed by atoms with Crippen LogP contribution < -0.4 is 16.0 Å². The fourth-order valence-corrected chi connectivity index (χ4v) is 3.19. The van der Waals surface area contributed by atoms with Crippen molar-refractivity contribution < 1.29 is 9.53 Å². The van der Waals surface area contributed by atoms with Gasteiger partial charge in [0.1, 0.15) is 17.7 Å². The van der Waals surface area contributed by atoms with E-state index in [4.69, 9.17) is 4.74 Å². The molecule has 2 aromatic heterocycles. The van der Waals surface area contributed by atoms with Crippen LogP contribution in [0.3, 0.4) is 0 Å². The lowest BCUT2D eigenvalue weighted by Gasteiger charge is -2.30. The second kappa shape index (κ2) is 6.70. The third kappa shape index (κ3) is 3.04. The van der Waals surface area contributed by atoms with Gasteiger partial charge < -0.3 is 9.64 Å². The number of methoxy groups -OCH3 is 1. The molecule has 0 radical (unpaired) electrons. The Balaban J connectivity index is 2.03. The maximum atomic E-state index is 12.8. The van der Waals surface area contributed by atoms with Crippen LogP contribution in [0.15, 0.2) is 21.9 Å². The SMILES string of the molecule is COc1ccnc2c1c(=O)n(CC(=O)N1CCC(C)CC1)c(=O)n2C. The first-order chi connectivity index (χ1) is 11.9. The average Bonchev–Trinajstić information content (AvgIpc) is 2.63. The minimum Gasteiger partial charge on any atom is -0.496 e. The van der Waals surface area contributed by atoms with Gasteiger partial charge in [0, 0.05) is 26.3 Å². The number of piperidine rings is 1. The molecule has 0 unspecified atom stereocenters. The number of fused-ring (bicyclic) bond motifs is 1. The first-order valence-corrected chi connectivity index (χ1v) is 8.34. The molecular weight excluding hydrogens is 324 g/mol. The van der Waals surface area contributed by atoms with E-state index in [1.165, 1.54) is 24.9 Å². The van der Waals surface area contributed by atoms with Gasteiger partial charge in [-0.3, -0.25) is 14.2 Å². The maximum Gasteiger partial charge on any atom is 0.332 e. The molecule has 3 heterocycles. The van der Waals surface area contributed by atoms with E-state index in [9.17, 15) is 14.4 Å². The number of hydrogen-bond donors (Lipinski definition) is 0. The van der Waals surface area contributed by atoms with Crippen molar-refractivity contribution in [1.29, 1.82) is 0 Å². The van der Waals surface area contributed by atoms with Gasteiger partial charge in [-0.25, -0.2) is 14.3 Å². The topological polar surface area (TPSA) is 86.4 Å². The molecule has 0 atom stereocenters. The number of nitrogens with zero attached hydrogens (tertiary/aromatic N) is 4. The average molecular weight is 346 g/mol.